The lowest BCUT2D eigenvalue weighted by atomic mass is 10.1. The highest BCUT2D eigenvalue weighted by atomic mass is 35.5. The molecule has 4 N–H and O–H groups in total. The molecule has 0 aliphatic rings. The molecule has 0 spiro atoms. The van der Waals surface area contributed by atoms with Gasteiger partial charge in [-0.05, 0) is 48.0 Å². The third-order valence-electron chi connectivity index (χ3n) is 4.44. The molecule has 0 atom stereocenters. The quantitative estimate of drug-likeness (QED) is 0.469. The first-order valence-electron chi connectivity index (χ1n) is 9.11. The minimum atomic E-state index is -4.29. The first kappa shape index (κ1) is 23.5. The largest absolute Gasteiger partial charge is 0.495 e. The van der Waals surface area contributed by atoms with Gasteiger partial charge in [-0.1, -0.05) is 23.7 Å². The number of nitrogens with two attached hydrogens (primary N) is 1. The molecule has 0 heterocycles. The lowest BCUT2D eigenvalue weighted by Crippen LogP contribution is -2.18. The van der Waals surface area contributed by atoms with Gasteiger partial charge in [0.15, 0.2) is 0 Å². The molecule has 0 bridgehead atoms. The minimum Gasteiger partial charge on any atom is -0.495 e. The number of benzene rings is 3. The summed E-state index contributed by atoms with van der Waals surface area (Å²) in [4.78, 5) is 12.1. The number of hydrogen-bond donors (Lipinski definition) is 3. The number of carbonyl (C=O) groups is 1. The maximum absolute atomic E-state index is 14.0. The molecule has 0 fully saturated rings. The zero-order valence-corrected chi connectivity index (χ0v) is 18.2. The van der Waals surface area contributed by atoms with Crippen LogP contribution in [0, 0.1) is 11.6 Å². The van der Waals surface area contributed by atoms with Crippen molar-refractivity contribution in [3.05, 3.63) is 82.4 Å². The van der Waals surface area contributed by atoms with Crippen molar-refractivity contribution in [2.75, 3.05) is 17.1 Å². The number of nitrogens with one attached hydrogen (secondary N) is 2. The molecule has 0 aliphatic heterocycles. The summed E-state index contributed by atoms with van der Waals surface area (Å²) in [6, 6.07) is 11.1. The second-order valence-corrected chi connectivity index (χ2v) is 8.59. The van der Waals surface area contributed by atoms with E-state index in [-0.39, 0.29) is 34.3 Å². The van der Waals surface area contributed by atoms with Gasteiger partial charge in [-0.3, -0.25) is 9.52 Å². The Morgan fingerprint density at radius 3 is 2.53 bits per heavy atom. The molecule has 3 aromatic carbocycles. The van der Waals surface area contributed by atoms with Crippen molar-refractivity contribution < 1.29 is 26.7 Å². The molecule has 1 amide bonds. The third-order valence-corrected chi connectivity index (χ3v) is 6.14. The number of rotatable bonds is 7. The highest BCUT2D eigenvalue weighted by Gasteiger charge is 2.22. The first-order chi connectivity index (χ1) is 15.2. The monoisotopic (exact) mass is 481 g/mol. The average Bonchev–Trinajstić information content (AvgIpc) is 2.73. The summed E-state index contributed by atoms with van der Waals surface area (Å²) in [5.74, 6) is -2.47. The second-order valence-electron chi connectivity index (χ2n) is 6.53. The fraction of sp³-hybridized carbons (Fsp3) is 0.0952. The molecule has 0 aromatic heterocycles. The molecule has 0 aliphatic carbocycles. The Hall–Kier alpha value is -3.21. The van der Waals surface area contributed by atoms with E-state index in [0.717, 1.165) is 18.2 Å². The Morgan fingerprint density at radius 1 is 1.12 bits per heavy atom. The molecule has 11 heteroatoms. The van der Waals surface area contributed by atoms with Gasteiger partial charge in [-0.2, -0.15) is 0 Å². The Bertz CT molecular complexity index is 1270. The summed E-state index contributed by atoms with van der Waals surface area (Å²) in [6.07, 6.45) is 0. The van der Waals surface area contributed by atoms with E-state index in [2.05, 4.69) is 10.0 Å². The molecule has 168 valence electrons. The van der Waals surface area contributed by atoms with Gasteiger partial charge in [-0.25, -0.2) is 17.2 Å². The van der Waals surface area contributed by atoms with Crippen molar-refractivity contribution in [3.8, 4) is 5.75 Å². The van der Waals surface area contributed by atoms with Crippen molar-refractivity contribution in [1.29, 1.82) is 0 Å². The summed E-state index contributed by atoms with van der Waals surface area (Å²) in [5.41, 5.74) is 5.92. The van der Waals surface area contributed by atoms with E-state index < -0.39 is 32.5 Å². The highest BCUT2D eigenvalue weighted by molar-refractivity contribution is 7.92. The van der Waals surface area contributed by atoms with Crippen LogP contribution >= 0.6 is 11.6 Å². The molecule has 0 saturated carbocycles. The Kier molecular flexibility index (Phi) is 6.97. The minimum absolute atomic E-state index is 0.0362. The highest BCUT2D eigenvalue weighted by Crippen LogP contribution is 2.29. The molecular formula is C21H18ClF2N3O4S. The van der Waals surface area contributed by atoms with Gasteiger partial charge in [0, 0.05) is 12.2 Å². The van der Waals surface area contributed by atoms with Crippen LogP contribution < -0.4 is 20.5 Å². The maximum atomic E-state index is 14.0. The van der Waals surface area contributed by atoms with Gasteiger partial charge in [0.2, 0.25) is 0 Å². The lowest BCUT2D eigenvalue weighted by molar-refractivity contribution is 0.102. The van der Waals surface area contributed by atoms with Gasteiger partial charge >= 0.3 is 0 Å². The number of sulfonamides is 1. The molecule has 3 aromatic rings. The van der Waals surface area contributed by atoms with Gasteiger partial charge in [0.05, 0.1) is 23.4 Å². The lowest BCUT2D eigenvalue weighted by Gasteiger charge is -2.16. The van der Waals surface area contributed by atoms with Crippen LogP contribution in [0.1, 0.15) is 15.9 Å². The van der Waals surface area contributed by atoms with Gasteiger partial charge in [-0.15, -0.1) is 0 Å². The Balaban J connectivity index is 1.95. The van der Waals surface area contributed by atoms with Crippen LogP contribution in [0.25, 0.3) is 0 Å². The number of amides is 1. The predicted molar refractivity (Wildman–Crippen MR) is 117 cm³/mol. The molecular weight excluding hydrogens is 464 g/mol. The third kappa shape index (κ3) is 4.98. The molecule has 3 rings (SSSR count). The summed E-state index contributed by atoms with van der Waals surface area (Å²) in [7, 11) is -3.03. The molecule has 0 saturated heterocycles. The summed E-state index contributed by atoms with van der Waals surface area (Å²) in [6.45, 7) is -0.0362. The van der Waals surface area contributed by atoms with E-state index in [1.807, 2.05) is 0 Å². The first-order valence-corrected chi connectivity index (χ1v) is 11.0. The number of anilines is 2. The fourth-order valence-corrected chi connectivity index (χ4v) is 4.42. The molecule has 0 unspecified atom stereocenters. The summed E-state index contributed by atoms with van der Waals surface area (Å²) >= 11 is 5.91. The number of ether oxygens (including phenoxy) is 1. The van der Waals surface area contributed by atoms with E-state index in [1.54, 1.807) is 0 Å². The van der Waals surface area contributed by atoms with Crippen molar-refractivity contribution in [3.63, 3.8) is 0 Å². The van der Waals surface area contributed by atoms with Crippen LogP contribution in [0.5, 0.6) is 5.75 Å². The Labute approximate surface area is 188 Å². The standard InChI is InChI=1S/C21H18ClF2N3O4S/c1-31-18-8-6-13(23)9-19(18)32(29,30)27-17-10-14(7-5-12(17)11-25)26-21(28)20-15(22)3-2-4-16(20)24/h2-10,27H,11,25H2,1H3,(H,26,28). The van der Waals surface area contributed by atoms with E-state index in [1.165, 1.54) is 43.5 Å². The van der Waals surface area contributed by atoms with Crippen molar-refractivity contribution in [2.24, 2.45) is 5.73 Å². The van der Waals surface area contributed by atoms with Crippen LogP contribution in [0.2, 0.25) is 5.02 Å². The number of halogens is 3. The summed E-state index contributed by atoms with van der Waals surface area (Å²) in [5, 5.41) is 2.38. The van der Waals surface area contributed by atoms with E-state index >= 15 is 0 Å². The van der Waals surface area contributed by atoms with Crippen LogP contribution in [-0.2, 0) is 16.6 Å². The van der Waals surface area contributed by atoms with Crippen LogP contribution in [0.15, 0.2) is 59.5 Å². The number of hydrogen-bond acceptors (Lipinski definition) is 5. The summed E-state index contributed by atoms with van der Waals surface area (Å²) < 4.78 is 60.8. The van der Waals surface area contributed by atoms with Crippen LogP contribution in [0.4, 0.5) is 20.2 Å². The molecule has 0 radical (unpaired) electrons. The molecule has 7 nitrogen and oxygen atoms in total. The van der Waals surface area contributed by atoms with Crippen molar-refractivity contribution in [2.45, 2.75) is 11.4 Å². The van der Waals surface area contributed by atoms with Gasteiger partial charge in [0.1, 0.15) is 22.3 Å². The maximum Gasteiger partial charge on any atom is 0.265 e. The zero-order valence-electron chi connectivity index (χ0n) is 16.7. The fourth-order valence-electron chi connectivity index (χ4n) is 2.90. The number of carbonyl (C=O) groups excluding carboxylic acids is 1. The molecule has 32 heavy (non-hydrogen) atoms. The number of methoxy groups -OCH3 is 1. The van der Waals surface area contributed by atoms with E-state index in [0.29, 0.717) is 5.56 Å². The van der Waals surface area contributed by atoms with Crippen molar-refractivity contribution in [1.82, 2.24) is 0 Å². The van der Waals surface area contributed by atoms with E-state index in [4.69, 9.17) is 22.1 Å². The van der Waals surface area contributed by atoms with E-state index in [9.17, 15) is 22.0 Å². The smallest absolute Gasteiger partial charge is 0.265 e. The van der Waals surface area contributed by atoms with Crippen LogP contribution in [0.3, 0.4) is 0 Å². The van der Waals surface area contributed by atoms with Crippen molar-refractivity contribution >= 4 is 38.9 Å². The SMILES string of the molecule is COc1ccc(F)cc1S(=O)(=O)Nc1cc(NC(=O)c2c(F)cccc2Cl)ccc1CN. The van der Waals surface area contributed by atoms with Gasteiger partial charge in [0.25, 0.3) is 15.9 Å². The topological polar surface area (TPSA) is 111 Å². The second kappa shape index (κ2) is 9.51. The zero-order chi connectivity index (χ0) is 23.5. The average molecular weight is 482 g/mol. The van der Waals surface area contributed by atoms with Crippen LogP contribution in [-0.4, -0.2) is 21.4 Å². The predicted octanol–water partition coefficient (Wildman–Crippen LogP) is 4.14. The normalized spacial score (nSPS) is 11.2. The Morgan fingerprint density at radius 2 is 1.88 bits per heavy atom. The van der Waals surface area contributed by atoms with Gasteiger partial charge < -0.3 is 15.8 Å².